The highest BCUT2D eigenvalue weighted by Gasteiger charge is 2.51. The van der Waals surface area contributed by atoms with Crippen LogP contribution in [0.1, 0.15) is 39.2 Å². The van der Waals surface area contributed by atoms with E-state index in [0.717, 1.165) is 15.7 Å². The van der Waals surface area contributed by atoms with Crippen LogP contribution in [0.4, 0.5) is 5.69 Å². The number of carbonyl (C=O) groups is 2. The number of nitriles is 1. The van der Waals surface area contributed by atoms with Crippen LogP contribution in [0.2, 0.25) is 0 Å². The normalized spacial score (nSPS) is 16.9. The van der Waals surface area contributed by atoms with Crippen LogP contribution >= 0.6 is 0 Å². The van der Waals surface area contributed by atoms with Gasteiger partial charge in [-0.15, -0.1) is 0 Å². The molecule has 1 fully saturated rings. The fourth-order valence-corrected chi connectivity index (χ4v) is 6.29. The molecule has 8 heteroatoms. The van der Waals surface area contributed by atoms with Gasteiger partial charge in [-0.05, 0) is 67.4 Å². The zero-order chi connectivity index (χ0) is 24.7. The zero-order valence-electron chi connectivity index (χ0n) is 19.2. The van der Waals surface area contributed by atoms with Crippen LogP contribution in [-0.2, 0) is 19.6 Å². The Morgan fingerprint density at radius 3 is 2.29 bits per heavy atom. The predicted octanol–water partition coefficient (Wildman–Crippen LogP) is 4.22. The largest absolute Gasteiger partial charge is 0.274 e. The number of benzene rings is 3. The van der Waals surface area contributed by atoms with Crippen LogP contribution in [-0.4, -0.2) is 36.1 Å². The first-order valence-electron chi connectivity index (χ1n) is 11.0. The summed E-state index contributed by atoms with van der Waals surface area (Å²) in [6, 6.07) is 19.2. The molecule has 0 aromatic heterocycles. The van der Waals surface area contributed by atoms with Gasteiger partial charge in [-0.2, -0.15) is 9.57 Å². The van der Waals surface area contributed by atoms with E-state index in [1.165, 1.54) is 34.6 Å². The van der Waals surface area contributed by atoms with Gasteiger partial charge in [0, 0.05) is 5.54 Å². The first-order chi connectivity index (χ1) is 16.1. The lowest BCUT2D eigenvalue weighted by molar-refractivity contribution is -0.122. The molecule has 1 aliphatic rings. The summed E-state index contributed by atoms with van der Waals surface area (Å²) in [5.74, 6) is -1.08. The molecule has 1 atom stereocenters. The van der Waals surface area contributed by atoms with Gasteiger partial charge in [0.1, 0.15) is 6.04 Å². The molecule has 3 aromatic rings. The van der Waals surface area contributed by atoms with Crippen LogP contribution in [0.15, 0.2) is 71.6 Å². The van der Waals surface area contributed by atoms with E-state index in [4.69, 9.17) is 5.26 Å². The summed E-state index contributed by atoms with van der Waals surface area (Å²) in [6.45, 7) is 5.37. The summed E-state index contributed by atoms with van der Waals surface area (Å²) in [6.07, 6.45) is 0.184. The molecule has 1 unspecified atom stereocenters. The lowest BCUT2D eigenvalue weighted by Gasteiger charge is -2.39. The number of anilines is 1. The Kier molecular flexibility index (Phi) is 6.02. The molecule has 3 aromatic carbocycles. The Balaban J connectivity index is 1.78. The lowest BCUT2D eigenvalue weighted by Crippen LogP contribution is -2.55. The van der Waals surface area contributed by atoms with Crippen molar-refractivity contribution in [3.63, 3.8) is 0 Å². The minimum absolute atomic E-state index is 0.0739. The van der Waals surface area contributed by atoms with Crippen molar-refractivity contribution in [1.29, 1.82) is 5.26 Å². The molecule has 2 amide bonds. The van der Waals surface area contributed by atoms with Crippen molar-refractivity contribution in [1.82, 2.24) is 4.31 Å². The van der Waals surface area contributed by atoms with Gasteiger partial charge in [0.05, 0.1) is 28.6 Å². The van der Waals surface area contributed by atoms with Crippen LogP contribution in [0, 0.1) is 11.3 Å². The predicted molar refractivity (Wildman–Crippen MR) is 129 cm³/mol. The second-order valence-electron chi connectivity index (χ2n) is 8.92. The molecule has 34 heavy (non-hydrogen) atoms. The molecule has 0 spiro atoms. The van der Waals surface area contributed by atoms with E-state index in [-0.39, 0.29) is 11.3 Å². The quantitative estimate of drug-likeness (QED) is 0.497. The average Bonchev–Trinajstić information content (AvgIpc) is 3.11. The van der Waals surface area contributed by atoms with Crippen molar-refractivity contribution in [3.8, 4) is 6.07 Å². The van der Waals surface area contributed by atoms with E-state index in [1.807, 2.05) is 37.3 Å². The molecule has 1 aliphatic heterocycles. The molecule has 0 N–H and O–H groups in total. The van der Waals surface area contributed by atoms with E-state index in [9.17, 15) is 18.0 Å². The van der Waals surface area contributed by atoms with Crippen LogP contribution in [0.5, 0.6) is 0 Å². The van der Waals surface area contributed by atoms with Crippen molar-refractivity contribution < 1.29 is 18.0 Å². The minimum Gasteiger partial charge on any atom is -0.274 e. The van der Waals surface area contributed by atoms with E-state index >= 15 is 0 Å². The van der Waals surface area contributed by atoms with Gasteiger partial charge in [-0.3, -0.25) is 9.59 Å². The van der Waals surface area contributed by atoms with Gasteiger partial charge >= 0.3 is 0 Å². The van der Waals surface area contributed by atoms with Gasteiger partial charge in [0.15, 0.2) is 0 Å². The Bertz CT molecular complexity index is 1420. The second kappa shape index (κ2) is 8.67. The highest BCUT2D eigenvalue weighted by molar-refractivity contribution is 7.89. The fraction of sp³-hybridized carbons (Fsp3) is 0.269. The third-order valence-electron chi connectivity index (χ3n) is 6.40. The SMILES string of the molecule is CCC(C)(C)N(C1CC(=O)N(c2ccc(C#N)cc2)C1=O)S(=O)(=O)c1ccc2ccccc2c1. The van der Waals surface area contributed by atoms with E-state index in [2.05, 4.69) is 0 Å². The number of hydrogen-bond acceptors (Lipinski definition) is 5. The first-order valence-corrected chi connectivity index (χ1v) is 12.4. The van der Waals surface area contributed by atoms with Crippen molar-refractivity contribution in [2.24, 2.45) is 0 Å². The molecule has 0 bridgehead atoms. The number of fused-ring (bicyclic) bond motifs is 1. The summed E-state index contributed by atoms with van der Waals surface area (Å²) in [4.78, 5) is 27.5. The highest BCUT2D eigenvalue weighted by atomic mass is 32.2. The molecule has 0 radical (unpaired) electrons. The number of imide groups is 1. The number of nitrogens with zero attached hydrogens (tertiary/aromatic N) is 3. The number of amides is 2. The first kappa shape index (κ1) is 23.6. The van der Waals surface area contributed by atoms with E-state index < -0.39 is 33.4 Å². The van der Waals surface area contributed by atoms with E-state index in [1.54, 1.807) is 26.0 Å². The van der Waals surface area contributed by atoms with Crippen LogP contribution in [0.3, 0.4) is 0 Å². The van der Waals surface area contributed by atoms with Crippen molar-refractivity contribution >= 4 is 38.3 Å². The molecular weight excluding hydrogens is 450 g/mol. The van der Waals surface area contributed by atoms with Gasteiger partial charge in [-0.1, -0.05) is 37.3 Å². The number of hydrogen-bond donors (Lipinski definition) is 0. The highest BCUT2D eigenvalue weighted by Crippen LogP contribution is 2.36. The van der Waals surface area contributed by atoms with Crippen molar-refractivity contribution in [2.75, 3.05) is 4.90 Å². The smallest absolute Gasteiger partial charge is 0.252 e. The summed E-state index contributed by atoms with van der Waals surface area (Å²) in [5.41, 5.74) is -0.216. The Morgan fingerprint density at radius 1 is 1.03 bits per heavy atom. The molecule has 0 saturated carbocycles. The van der Waals surface area contributed by atoms with Gasteiger partial charge in [0.2, 0.25) is 15.9 Å². The summed E-state index contributed by atoms with van der Waals surface area (Å²) >= 11 is 0. The number of carbonyl (C=O) groups excluding carboxylic acids is 2. The van der Waals surface area contributed by atoms with Crippen LogP contribution in [0.25, 0.3) is 10.8 Å². The number of sulfonamides is 1. The number of rotatable bonds is 6. The summed E-state index contributed by atoms with van der Waals surface area (Å²) < 4.78 is 29.1. The monoisotopic (exact) mass is 475 g/mol. The summed E-state index contributed by atoms with van der Waals surface area (Å²) in [7, 11) is -4.13. The van der Waals surface area contributed by atoms with Crippen molar-refractivity contribution in [2.45, 2.75) is 50.1 Å². The molecule has 0 aliphatic carbocycles. The average molecular weight is 476 g/mol. The molecule has 1 heterocycles. The zero-order valence-corrected chi connectivity index (χ0v) is 20.0. The second-order valence-corrected chi connectivity index (χ2v) is 10.7. The molecule has 4 rings (SSSR count). The Morgan fingerprint density at radius 2 is 1.68 bits per heavy atom. The van der Waals surface area contributed by atoms with Crippen molar-refractivity contribution in [3.05, 3.63) is 72.3 Å². The van der Waals surface area contributed by atoms with Gasteiger partial charge in [-0.25, -0.2) is 13.3 Å². The maximum Gasteiger partial charge on any atom is 0.252 e. The third kappa shape index (κ3) is 3.98. The van der Waals surface area contributed by atoms with Crippen LogP contribution < -0.4 is 4.90 Å². The van der Waals surface area contributed by atoms with E-state index in [0.29, 0.717) is 17.7 Å². The lowest BCUT2D eigenvalue weighted by atomic mass is 10.00. The molecular formula is C26H25N3O4S. The third-order valence-corrected chi connectivity index (χ3v) is 8.52. The Hall–Kier alpha value is -3.54. The molecule has 1 saturated heterocycles. The van der Waals surface area contributed by atoms with Gasteiger partial charge < -0.3 is 0 Å². The summed E-state index contributed by atoms with van der Waals surface area (Å²) in [5, 5.41) is 10.7. The molecule has 7 nitrogen and oxygen atoms in total. The Labute approximate surface area is 199 Å². The standard InChI is InChI=1S/C26H25N3O4S/c1-4-26(2,3)29(34(32,33)22-14-11-19-7-5-6-8-20(19)15-22)23-16-24(30)28(25(23)31)21-12-9-18(17-27)10-13-21/h5-15,23H,4,16H2,1-3H3. The maximum absolute atomic E-state index is 14.0. The maximum atomic E-state index is 14.0. The molecule has 174 valence electrons. The minimum atomic E-state index is -4.13. The fourth-order valence-electron chi connectivity index (χ4n) is 4.27. The topological polar surface area (TPSA) is 98.5 Å². The van der Waals surface area contributed by atoms with Gasteiger partial charge in [0.25, 0.3) is 5.91 Å².